The van der Waals surface area contributed by atoms with Crippen LogP contribution < -0.4 is 4.90 Å². The van der Waals surface area contributed by atoms with E-state index in [9.17, 15) is 0 Å². The minimum atomic E-state index is 0. The zero-order valence-electron chi connectivity index (χ0n) is 20.0. The minimum Gasteiger partial charge on any atom is -0.356 e. The molecular weight excluding hydrogens is 503 g/mol. The third-order valence-electron chi connectivity index (χ3n) is 7.34. The van der Waals surface area contributed by atoms with Gasteiger partial charge in [-0.2, -0.15) is 0 Å². The number of imidazole rings is 1. The van der Waals surface area contributed by atoms with Crippen molar-refractivity contribution in [1.82, 2.24) is 24.3 Å². The van der Waals surface area contributed by atoms with Crippen LogP contribution in [0.25, 0.3) is 0 Å². The molecule has 5 rings (SSSR count). The molecule has 2 atom stereocenters. The van der Waals surface area contributed by atoms with Crippen LogP contribution in [0.15, 0.2) is 61.3 Å². The molecule has 6 nitrogen and oxygen atoms in total. The third kappa shape index (κ3) is 6.49. The average molecular weight is 536 g/mol. The number of rotatable bonds is 6. The van der Waals surface area contributed by atoms with Gasteiger partial charge >= 0.3 is 0 Å². The van der Waals surface area contributed by atoms with Crippen molar-refractivity contribution in [3.05, 3.63) is 76.9 Å². The van der Waals surface area contributed by atoms with Gasteiger partial charge in [-0.25, -0.2) is 9.97 Å². The van der Waals surface area contributed by atoms with Crippen molar-refractivity contribution in [3.8, 4) is 0 Å². The van der Waals surface area contributed by atoms with E-state index >= 15 is 0 Å². The van der Waals surface area contributed by atoms with Gasteiger partial charge in [0, 0.05) is 79.5 Å². The Hall–Kier alpha value is -1.83. The highest BCUT2D eigenvalue weighted by molar-refractivity contribution is 6.31. The topological polar surface area (TPSA) is 40.4 Å². The fourth-order valence-electron chi connectivity index (χ4n) is 5.47. The quantitative estimate of drug-likeness (QED) is 0.449. The molecule has 0 spiro atoms. The van der Waals surface area contributed by atoms with E-state index in [-0.39, 0.29) is 12.4 Å². The SMILES string of the molecule is CN1C[C@H](Cc2ccc(Cl)cc2)N(C2CCN(c3cc(Cl)ccn3)CC2)C[C@@H]1Cn1ccnc1.Cl. The molecule has 0 saturated carbocycles. The molecule has 3 aromatic rings. The second-order valence-electron chi connectivity index (χ2n) is 9.58. The van der Waals surface area contributed by atoms with Crippen LogP contribution in [0.5, 0.6) is 0 Å². The molecule has 2 aliphatic heterocycles. The van der Waals surface area contributed by atoms with E-state index in [0.29, 0.717) is 18.1 Å². The fourth-order valence-corrected chi connectivity index (χ4v) is 5.75. The van der Waals surface area contributed by atoms with E-state index in [1.807, 2.05) is 36.8 Å². The van der Waals surface area contributed by atoms with Crippen LogP contribution in [0.1, 0.15) is 18.4 Å². The molecular formula is C26H33Cl3N6. The molecule has 0 aliphatic carbocycles. The number of pyridine rings is 1. The lowest BCUT2D eigenvalue weighted by Crippen LogP contribution is -2.62. The summed E-state index contributed by atoms with van der Waals surface area (Å²) in [6.45, 7) is 5.09. The Morgan fingerprint density at radius 3 is 2.40 bits per heavy atom. The van der Waals surface area contributed by atoms with Gasteiger partial charge in [0.1, 0.15) is 5.82 Å². The third-order valence-corrected chi connectivity index (χ3v) is 7.83. The average Bonchev–Trinajstić information content (AvgIpc) is 3.36. The Balaban J connectivity index is 0.00000289. The lowest BCUT2D eigenvalue weighted by molar-refractivity contribution is 0.00201. The Morgan fingerprint density at radius 1 is 0.943 bits per heavy atom. The van der Waals surface area contributed by atoms with Gasteiger partial charge in [-0.3, -0.25) is 9.80 Å². The molecule has 2 saturated heterocycles. The summed E-state index contributed by atoms with van der Waals surface area (Å²) in [6, 6.07) is 13.7. The van der Waals surface area contributed by atoms with E-state index in [1.165, 1.54) is 5.56 Å². The maximum Gasteiger partial charge on any atom is 0.129 e. The van der Waals surface area contributed by atoms with Crippen molar-refractivity contribution in [2.24, 2.45) is 0 Å². The van der Waals surface area contributed by atoms with Crippen molar-refractivity contribution < 1.29 is 0 Å². The standard InChI is InChI=1S/C26H32Cl2N6.ClH/c1-31-16-24(14-20-2-4-21(27)5-3-20)34(18-25(31)17-32-13-10-29-19-32)23-7-11-33(12-8-23)26-15-22(28)6-9-30-26;/h2-6,9-10,13,15,19,23-25H,7-8,11-12,14,16-18H2,1H3;1H/t24-,25-;/m0./s1. The lowest BCUT2D eigenvalue weighted by atomic mass is 9.94. The van der Waals surface area contributed by atoms with Crippen LogP contribution >= 0.6 is 35.6 Å². The summed E-state index contributed by atoms with van der Waals surface area (Å²) in [5.41, 5.74) is 1.35. The monoisotopic (exact) mass is 534 g/mol. The van der Waals surface area contributed by atoms with Gasteiger partial charge in [-0.05, 0) is 56.1 Å². The van der Waals surface area contributed by atoms with E-state index in [2.05, 4.69) is 54.6 Å². The van der Waals surface area contributed by atoms with Crippen LogP contribution in [0.3, 0.4) is 0 Å². The summed E-state index contributed by atoms with van der Waals surface area (Å²) in [5.74, 6) is 0.986. The first kappa shape index (κ1) is 26.2. The molecule has 2 fully saturated rings. The number of piperidine rings is 1. The summed E-state index contributed by atoms with van der Waals surface area (Å²) >= 11 is 12.4. The van der Waals surface area contributed by atoms with Crippen molar-refractivity contribution in [2.45, 2.75) is 43.9 Å². The van der Waals surface area contributed by atoms with Crippen LogP contribution in [0.4, 0.5) is 5.82 Å². The molecule has 0 unspecified atom stereocenters. The first-order chi connectivity index (χ1) is 16.5. The molecule has 0 bridgehead atoms. The molecule has 4 heterocycles. The van der Waals surface area contributed by atoms with Crippen molar-refractivity contribution in [3.63, 3.8) is 0 Å². The minimum absolute atomic E-state index is 0. The number of piperazine rings is 1. The number of benzene rings is 1. The predicted octanol–water partition coefficient (Wildman–Crippen LogP) is 4.90. The highest BCUT2D eigenvalue weighted by atomic mass is 35.5. The van der Waals surface area contributed by atoms with Crippen LogP contribution in [-0.2, 0) is 13.0 Å². The van der Waals surface area contributed by atoms with E-state index < -0.39 is 0 Å². The summed E-state index contributed by atoms with van der Waals surface area (Å²) in [5, 5.41) is 1.54. The van der Waals surface area contributed by atoms with Gasteiger partial charge < -0.3 is 9.47 Å². The largest absolute Gasteiger partial charge is 0.356 e. The zero-order chi connectivity index (χ0) is 23.5. The van der Waals surface area contributed by atoms with Crippen molar-refractivity contribution >= 4 is 41.4 Å². The number of hydrogen-bond acceptors (Lipinski definition) is 5. The number of hydrogen-bond donors (Lipinski definition) is 0. The smallest absolute Gasteiger partial charge is 0.129 e. The van der Waals surface area contributed by atoms with Gasteiger partial charge in [0.2, 0.25) is 0 Å². The number of likely N-dealkylation sites (N-methyl/N-ethyl adjacent to an activating group) is 1. The summed E-state index contributed by atoms with van der Waals surface area (Å²) in [4.78, 5) is 16.5. The summed E-state index contributed by atoms with van der Waals surface area (Å²) in [7, 11) is 2.27. The van der Waals surface area contributed by atoms with E-state index in [4.69, 9.17) is 23.2 Å². The van der Waals surface area contributed by atoms with Gasteiger partial charge in [-0.1, -0.05) is 35.3 Å². The Morgan fingerprint density at radius 2 is 1.71 bits per heavy atom. The highest BCUT2D eigenvalue weighted by Gasteiger charge is 2.37. The van der Waals surface area contributed by atoms with Gasteiger partial charge in [-0.15, -0.1) is 12.4 Å². The molecule has 1 aromatic carbocycles. The van der Waals surface area contributed by atoms with Crippen LogP contribution in [0.2, 0.25) is 10.0 Å². The molecule has 2 aromatic heterocycles. The van der Waals surface area contributed by atoms with Gasteiger partial charge in [0.25, 0.3) is 0 Å². The molecule has 0 amide bonds. The number of anilines is 1. The van der Waals surface area contributed by atoms with Gasteiger partial charge in [0.15, 0.2) is 0 Å². The number of aromatic nitrogens is 3. The molecule has 0 N–H and O–H groups in total. The molecule has 188 valence electrons. The van der Waals surface area contributed by atoms with Crippen LogP contribution in [0, 0.1) is 0 Å². The lowest BCUT2D eigenvalue weighted by Gasteiger charge is -2.50. The maximum atomic E-state index is 6.21. The van der Waals surface area contributed by atoms with E-state index in [0.717, 1.165) is 67.8 Å². The predicted molar refractivity (Wildman–Crippen MR) is 146 cm³/mol. The first-order valence-electron chi connectivity index (χ1n) is 12.1. The zero-order valence-corrected chi connectivity index (χ0v) is 22.3. The fraction of sp³-hybridized carbons (Fsp3) is 0.462. The molecule has 9 heteroatoms. The second kappa shape index (κ2) is 11.9. The first-order valence-corrected chi connectivity index (χ1v) is 12.8. The molecule has 35 heavy (non-hydrogen) atoms. The van der Waals surface area contributed by atoms with Gasteiger partial charge in [0.05, 0.1) is 6.33 Å². The number of halogens is 3. The second-order valence-corrected chi connectivity index (χ2v) is 10.5. The number of nitrogens with zero attached hydrogens (tertiary/aromatic N) is 6. The maximum absolute atomic E-state index is 6.21. The Labute approximate surface area is 224 Å². The highest BCUT2D eigenvalue weighted by Crippen LogP contribution is 2.28. The normalized spacial score (nSPS) is 22.2. The Kier molecular flexibility index (Phi) is 8.95. The summed E-state index contributed by atoms with van der Waals surface area (Å²) < 4.78 is 2.20. The van der Waals surface area contributed by atoms with E-state index in [1.54, 1.807) is 6.20 Å². The molecule has 0 radical (unpaired) electrons. The van der Waals surface area contributed by atoms with Crippen molar-refractivity contribution in [2.75, 3.05) is 38.1 Å². The van der Waals surface area contributed by atoms with Crippen LogP contribution in [-0.4, -0.2) is 75.7 Å². The molecule has 2 aliphatic rings. The van der Waals surface area contributed by atoms with Crippen molar-refractivity contribution in [1.29, 1.82) is 0 Å². The Bertz CT molecular complexity index is 1050. The summed E-state index contributed by atoms with van der Waals surface area (Å²) in [6.07, 6.45) is 11.0.